The summed E-state index contributed by atoms with van der Waals surface area (Å²) >= 11 is 0. The molecule has 2 aromatic carbocycles. The number of amides is 4. The summed E-state index contributed by atoms with van der Waals surface area (Å²) in [6.07, 6.45) is 2.50. The van der Waals surface area contributed by atoms with E-state index in [9.17, 15) is 19.5 Å². The van der Waals surface area contributed by atoms with Crippen molar-refractivity contribution in [3.63, 3.8) is 0 Å². The predicted octanol–water partition coefficient (Wildman–Crippen LogP) is 3.58. The molecule has 11 heteroatoms. The molecule has 0 spiro atoms. The normalized spacial score (nSPS) is 14.7. The van der Waals surface area contributed by atoms with Crippen molar-refractivity contribution in [3.05, 3.63) is 53.2 Å². The maximum absolute atomic E-state index is 12.6. The Morgan fingerprint density at radius 2 is 1.95 bits per heavy atom. The molecule has 0 radical (unpaired) electrons. The number of nitrogens with zero attached hydrogens (tertiary/aromatic N) is 3. The highest BCUT2D eigenvalue weighted by atomic mass is 16.5. The molecule has 212 valence electrons. The van der Waals surface area contributed by atoms with Crippen molar-refractivity contribution in [2.75, 3.05) is 32.6 Å². The number of aromatic nitrogens is 1. The summed E-state index contributed by atoms with van der Waals surface area (Å²) in [5, 5.41) is 13.7. The number of pyridine rings is 1. The van der Waals surface area contributed by atoms with Gasteiger partial charge in [-0.3, -0.25) is 19.5 Å². The van der Waals surface area contributed by atoms with E-state index < -0.39 is 11.4 Å². The van der Waals surface area contributed by atoms with Gasteiger partial charge in [0.2, 0.25) is 0 Å². The zero-order valence-electron chi connectivity index (χ0n) is 23.4. The summed E-state index contributed by atoms with van der Waals surface area (Å²) in [6, 6.07) is 8.65. The predicted molar refractivity (Wildman–Crippen MR) is 151 cm³/mol. The van der Waals surface area contributed by atoms with Crippen LogP contribution in [0.4, 0.5) is 16.2 Å². The molecule has 1 fully saturated rings. The number of rotatable bonds is 11. The first-order valence-electron chi connectivity index (χ1n) is 13.1. The second-order valence-corrected chi connectivity index (χ2v) is 10.1. The van der Waals surface area contributed by atoms with E-state index in [1.807, 2.05) is 25.1 Å². The number of fused-ring (bicyclic) bond motifs is 1. The van der Waals surface area contributed by atoms with Crippen LogP contribution in [0.15, 0.2) is 36.5 Å². The molecular formula is C29H35N5O6. The van der Waals surface area contributed by atoms with Crippen molar-refractivity contribution in [1.82, 2.24) is 14.8 Å². The lowest BCUT2D eigenvalue weighted by Crippen LogP contribution is -2.41. The van der Waals surface area contributed by atoms with Crippen molar-refractivity contribution in [3.8, 4) is 11.5 Å². The van der Waals surface area contributed by atoms with Crippen molar-refractivity contribution in [1.29, 1.82) is 0 Å². The van der Waals surface area contributed by atoms with E-state index in [1.165, 1.54) is 23.1 Å². The number of anilines is 2. The van der Waals surface area contributed by atoms with Crippen LogP contribution >= 0.6 is 0 Å². The largest absolute Gasteiger partial charge is 0.493 e. The van der Waals surface area contributed by atoms with Crippen molar-refractivity contribution >= 4 is 40.1 Å². The molecule has 0 unspecified atom stereocenters. The highest BCUT2D eigenvalue weighted by Crippen LogP contribution is 2.38. The molecular weight excluding hydrogens is 514 g/mol. The van der Waals surface area contributed by atoms with E-state index in [1.54, 1.807) is 33.0 Å². The molecule has 4 amide bonds. The zero-order chi connectivity index (χ0) is 29.2. The first-order valence-corrected chi connectivity index (χ1v) is 13.1. The third kappa shape index (κ3) is 5.12. The number of nitrogens with one attached hydrogen (secondary N) is 1. The van der Waals surface area contributed by atoms with E-state index in [2.05, 4.69) is 10.3 Å². The lowest BCUT2D eigenvalue weighted by molar-refractivity contribution is -0.131. The van der Waals surface area contributed by atoms with Gasteiger partial charge in [-0.25, -0.2) is 4.79 Å². The highest BCUT2D eigenvalue weighted by molar-refractivity contribution is 6.08. The molecule has 1 aliphatic rings. The SMILES string of the molecule is CCc1c(CO)cccc1Nc1c(C(N)=O)cnc2cc(OCCCN3C(=O)N(C)C(C)(C)C3=O)c(OC)cc12. The third-order valence-corrected chi connectivity index (χ3v) is 7.38. The minimum absolute atomic E-state index is 0.110. The van der Waals surface area contributed by atoms with Crippen LogP contribution in [0.3, 0.4) is 0 Å². The molecule has 40 heavy (non-hydrogen) atoms. The summed E-state index contributed by atoms with van der Waals surface area (Å²) in [5.74, 6) is -0.0535. The molecule has 4 rings (SSSR count). The van der Waals surface area contributed by atoms with Crippen LogP contribution in [0.2, 0.25) is 0 Å². The Morgan fingerprint density at radius 1 is 1.20 bits per heavy atom. The molecule has 0 saturated carbocycles. The van der Waals surface area contributed by atoms with Gasteiger partial charge in [-0.1, -0.05) is 19.1 Å². The molecule has 0 atom stereocenters. The van der Waals surface area contributed by atoms with Crippen LogP contribution < -0.4 is 20.5 Å². The van der Waals surface area contributed by atoms with E-state index in [0.29, 0.717) is 40.9 Å². The monoisotopic (exact) mass is 549 g/mol. The highest BCUT2D eigenvalue weighted by Gasteiger charge is 2.48. The standard InChI is InChI=1S/C29H35N5O6/c1-6-18-17(16-35)9-7-10-21(18)32-25-19-13-23(39-5)24(14-22(19)31-15-20(25)26(30)36)40-12-8-11-34-27(37)29(2,3)33(4)28(34)38/h7,9-10,13-15,35H,6,8,11-12,16H2,1-5H3,(H2,30,36)(H,31,32). The third-order valence-electron chi connectivity index (χ3n) is 7.38. The number of likely N-dealkylation sites (N-methyl/N-ethyl adjacent to an activating group) is 1. The number of primary amides is 1. The van der Waals surface area contributed by atoms with Gasteiger partial charge in [0.15, 0.2) is 11.5 Å². The summed E-state index contributed by atoms with van der Waals surface area (Å²) in [4.78, 5) is 44.5. The van der Waals surface area contributed by atoms with Crippen LogP contribution in [-0.4, -0.2) is 70.6 Å². The maximum atomic E-state index is 12.6. The van der Waals surface area contributed by atoms with Gasteiger partial charge in [0.25, 0.3) is 11.8 Å². The number of benzene rings is 2. The molecule has 2 heterocycles. The topological polar surface area (TPSA) is 147 Å². The minimum Gasteiger partial charge on any atom is -0.493 e. The number of ether oxygens (including phenoxy) is 2. The van der Waals surface area contributed by atoms with Crippen LogP contribution in [0.1, 0.15) is 48.7 Å². The van der Waals surface area contributed by atoms with Gasteiger partial charge in [0, 0.05) is 36.9 Å². The van der Waals surface area contributed by atoms with Gasteiger partial charge >= 0.3 is 6.03 Å². The van der Waals surface area contributed by atoms with Crippen LogP contribution in [-0.2, 0) is 17.8 Å². The van der Waals surface area contributed by atoms with Crippen LogP contribution in [0.5, 0.6) is 11.5 Å². The Morgan fingerprint density at radius 3 is 2.55 bits per heavy atom. The number of hydrogen-bond acceptors (Lipinski definition) is 8. The number of imide groups is 1. The van der Waals surface area contributed by atoms with Gasteiger partial charge in [0.1, 0.15) is 5.54 Å². The number of hydrogen-bond donors (Lipinski definition) is 3. The van der Waals surface area contributed by atoms with Gasteiger partial charge < -0.3 is 30.5 Å². The molecule has 3 aromatic rings. The lowest BCUT2D eigenvalue weighted by atomic mass is 10.0. The molecule has 4 N–H and O–H groups in total. The van der Waals surface area contributed by atoms with E-state index in [4.69, 9.17) is 15.2 Å². The molecule has 11 nitrogen and oxygen atoms in total. The van der Waals surface area contributed by atoms with Gasteiger partial charge in [-0.2, -0.15) is 0 Å². The lowest BCUT2D eigenvalue weighted by Gasteiger charge is -2.22. The Balaban J connectivity index is 1.61. The second-order valence-electron chi connectivity index (χ2n) is 10.1. The van der Waals surface area contributed by atoms with Gasteiger partial charge in [0.05, 0.1) is 37.1 Å². The van der Waals surface area contributed by atoms with Crippen LogP contribution in [0, 0.1) is 0 Å². The Kier molecular flexibility index (Phi) is 8.15. The van der Waals surface area contributed by atoms with Gasteiger partial charge in [-0.15, -0.1) is 0 Å². The zero-order valence-corrected chi connectivity index (χ0v) is 23.4. The summed E-state index contributed by atoms with van der Waals surface area (Å²) in [7, 11) is 3.12. The number of urea groups is 1. The van der Waals surface area contributed by atoms with Crippen molar-refractivity contribution < 1.29 is 29.0 Å². The molecule has 1 aromatic heterocycles. The number of aliphatic hydroxyl groups excluding tert-OH is 1. The average molecular weight is 550 g/mol. The Labute approximate surface area is 232 Å². The van der Waals surface area contributed by atoms with Gasteiger partial charge in [-0.05, 0) is 49.9 Å². The molecule has 1 aliphatic heterocycles. The van der Waals surface area contributed by atoms with Crippen molar-refractivity contribution in [2.24, 2.45) is 5.73 Å². The number of aliphatic hydroxyl groups is 1. The molecule has 0 bridgehead atoms. The second kappa shape index (κ2) is 11.4. The fraction of sp³-hybridized carbons (Fsp3) is 0.379. The van der Waals surface area contributed by atoms with E-state index in [-0.39, 0.29) is 37.3 Å². The van der Waals surface area contributed by atoms with Crippen LogP contribution in [0.25, 0.3) is 10.9 Å². The summed E-state index contributed by atoms with van der Waals surface area (Å²) < 4.78 is 11.6. The Bertz CT molecular complexity index is 1470. The fourth-order valence-electron chi connectivity index (χ4n) is 4.83. The first-order chi connectivity index (χ1) is 19.0. The maximum Gasteiger partial charge on any atom is 0.327 e. The number of carbonyl (C=O) groups excluding carboxylic acids is 3. The summed E-state index contributed by atoms with van der Waals surface area (Å²) in [6.45, 7) is 5.76. The van der Waals surface area contributed by atoms with Crippen molar-refractivity contribution in [2.45, 2.75) is 45.8 Å². The first kappa shape index (κ1) is 28.6. The number of carbonyl (C=O) groups is 3. The summed E-state index contributed by atoms with van der Waals surface area (Å²) in [5.41, 5.74) is 8.46. The molecule has 0 aliphatic carbocycles. The Hall–Kier alpha value is -4.38. The molecule has 1 saturated heterocycles. The average Bonchev–Trinajstić information content (AvgIpc) is 3.08. The van der Waals surface area contributed by atoms with E-state index in [0.717, 1.165) is 16.8 Å². The van der Waals surface area contributed by atoms with E-state index >= 15 is 0 Å². The smallest absolute Gasteiger partial charge is 0.327 e. The number of nitrogens with two attached hydrogens (primary N) is 1. The number of methoxy groups -OCH3 is 1. The minimum atomic E-state index is -0.877. The quantitative estimate of drug-likeness (QED) is 0.243. The fourth-order valence-corrected chi connectivity index (χ4v) is 4.83.